The Kier molecular flexibility index (Phi) is 3.74. The van der Waals surface area contributed by atoms with Crippen LogP contribution in [0, 0.1) is 5.92 Å². The predicted molar refractivity (Wildman–Crippen MR) is 68.5 cm³/mol. The molecule has 0 unspecified atom stereocenters. The fourth-order valence-electron chi connectivity index (χ4n) is 2.18. The van der Waals surface area contributed by atoms with Crippen LogP contribution in [0.15, 0.2) is 18.2 Å². The van der Waals surface area contributed by atoms with E-state index in [1.165, 1.54) is 6.42 Å². The number of benzene rings is 1. The lowest BCUT2D eigenvalue weighted by Gasteiger charge is -2.14. The van der Waals surface area contributed by atoms with Crippen LogP contribution in [0.2, 0.25) is 0 Å². The van der Waals surface area contributed by atoms with Crippen molar-refractivity contribution in [3.05, 3.63) is 18.2 Å². The van der Waals surface area contributed by atoms with Crippen molar-refractivity contribution in [3.8, 4) is 11.5 Å². The van der Waals surface area contributed by atoms with Gasteiger partial charge in [-0.25, -0.2) is 0 Å². The molecule has 0 aliphatic carbocycles. The normalized spacial score (nSPS) is 20.5. The molecule has 17 heavy (non-hydrogen) atoms. The number of anilines is 1. The molecule has 0 saturated carbocycles. The zero-order valence-corrected chi connectivity index (χ0v) is 10.5. The summed E-state index contributed by atoms with van der Waals surface area (Å²) in [5.41, 5.74) is 6.44. The number of nitrogens with two attached hydrogens (primary N) is 1. The summed E-state index contributed by atoms with van der Waals surface area (Å²) in [5.74, 6) is 2.08. The monoisotopic (exact) mass is 236 g/mol. The topological polar surface area (TPSA) is 47.7 Å². The van der Waals surface area contributed by atoms with Crippen LogP contribution >= 0.6 is 0 Å². The average Bonchev–Trinajstić information content (AvgIpc) is 2.73. The number of nitrogens with zero attached hydrogens (tertiary/aromatic N) is 1. The molecular weight excluding hydrogens is 216 g/mol. The molecule has 94 valence electrons. The largest absolute Gasteiger partial charge is 0.493 e. The number of likely N-dealkylation sites (tertiary alicyclic amines) is 1. The van der Waals surface area contributed by atoms with Gasteiger partial charge < -0.3 is 20.1 Å². The second-order valence-electron chi connectivity index (χ2n) is 4.64. The number of hydrogen-bond acceptors (Lipinski definition) is 4. The predicted octanol–water partition coefficient (Wildman–Crippen LogP) is 1.61. The van der Waals surface area contributed by atoms with E-state index in [9.17, 15) is 0 Å². The Hall–Kier alpha value is -1.42. The van der Waals surface area contributed by atoms with Crippen LogP contribution in [0.3, 0.4) is 0 Å². The van der Waals surface area contributed by atoms with E-state index in [0.29, 0.717) is 11.6 Å². The summed E-state index contributed by atoms with van der Waals surface area (Å²) >= 11 is 0. The van der Waals surface area contributed by atoms with Crippen molar-refractivity contribution >= 4 is 5.69 Å². The molecule has 0 amide bonds. The van der Waals surface area contributed by atoms with Crippen molar-refractivity contribution in [1.82, 2.24) is 4.90 Å². The Morgan fingerprint density at radius 1 is 1.41 bits per heavy atom. The van der Waals surface area contributed by atoms with Gasteiger partial charge in [-0.15, -0.1) is 0 Å². The van der Waals surface area contributed by atoms with E-state index in [2.05, 4.69) is 11.9 Å². The van der Waals surface area contributed by atoms with Gasteiger partial charge >= 0.3 is 0 Å². The van der Waals surface area contributed by atoms with Crippen molar-refractivity contribution in [2.75, 3.05) is 39.6 Å². The highest BCUT2D eigenvalue weighted by atomic mass is 16.5. The lowest BCUT2D eigenvalue weighted by Crippen LogP contribution is -2.18. The first-order valence-corrected chi connectivity index (χ1v) is 5.94. The molecule has 1 atom stereocenters. The second-order valence-corrected chi connectivity index (χ2v) is 4.64. The van der Waals surface area contributed by atoms with Crippen molar-refractivity contribution in [1.29, 1.82) is 0 Å². The van der Waals surface area contributed by atoms with Gasteiger partial charge in [0.25, 0.3) is 0 Å². The number of ether oxygens (including phenoxy) is 2. The molecule has 0 bridgehead atoms. The van der Waals surface area contributed by atoms with E-state index >= 15 is 0 Å². The minimum Gasteiger partial charge on any atom is -0.493 e. The van der Waals surface area contributed by atoms with Crippen LogP contribution in [0.25, 0.3) is 0 Å². The van der Waals surface area contributed by atoms with Gasteiger partial charge in [-0.2, -0.15) is 0 Å². The first kappa shape index (κ1) is 12.0. The minimum atomic E-state index is 0.603. The number of hydrogen-bond donors (Lipinski definition) is 1. The van der Waals surface area contributed by atoms with Crippen LogP contribution < -0.4 is 15.2 Å². The van der Waals surface area contributed by atoms with Crippen LogP contribution in [-0.4, -0.2) is 38.8 Å². The van der Waals surface area contributed by atoms with Crippen LogP contribution in [0.1, 0.15) is 6.42 Å². The maximum absolute atomic E-state index is 5.81. The van der Waals surface area contributed by atoms with Gasteiger partial charge in [0.1, 0.15) is 0 Å². The minimum absolute atomic E-state index is 0.603. The van der Waals surface area contributed by atoms with E-state index in [1.54, 1.807) is 7.11 Å². The van der Waals surface area contributed by atoms with Gasteiger partial charge in [0.2, 0.25) is 0 Å². The number of rotatable bonds is 4. The Balaban J connectivity index is 1.96. The van der Waals surface area contributed by atoms with E-state index in [-0.39, 0.29) is 0 Å². The van der Waals surface area contributed by atoms with Crippen molar-refractivity contribution in [2.24, 2.45) is 5.92 Å². The molecule has 0 radical (unpaired) electrons. The van der Waals surface area contributed by atoms with E-state index < -0.39 is 0 Å². The highest BCUT2D eigenvalue weighted by molar-refractivity contribution is 5.51. The third-order valence-corrected chi connectivity index (χ3v) is 3.15. The van der Waals surface area contributed by atoms with E-state index in [1.807, 2.05) is 18.2 Å². The Morgan fingerprint density at radius 2 is 2.24 bits per heavy atom. The molecule has 1 aliphatic rings. The summed E-state index contributed by atoms with van der Waals surface area (Å²) in [6, 6.07) is 5.47. The Bertz CT molecular complexity index is 382. The van der Waals surface area contributed by atoms with Crippen LogP contribution in [0.4, 0.5) is 5.69 Å². The zero-order chi connectivity index (χ0) is 12.3. The first-order chi connectivity index (χ1) is 8.19. The maximum atomic E-state index is 5.81. The van der Waals surface area contributed by atoms with Gasteiger partial charge in [-0.05, 0) is 32.1 Å². The van der Waals surface area contributed by atoms with Gasteiger partial charge in [0.15, 0.2) is 11.5 Å². The maximum Gasteiger partial charge on any atom is 0.163 e. The third-order valence-electron chi connectivity index (χ3n) is 3.15. The summed E-state index contributed by atoms with van der Waals surface area (Å²) < 4.78 is 11.1. The quantitative estimate of drug-likeness (QED) is 0.807. The van der Waals surface area contributed by atoms with Crippen LogP contribution in [-0.2, 0) is 0 Å². The SMILES string of the molecule is COc1ccc(N)cc1OC[C@H]1CCN(C)C1. The first-order valence-electron chi connectivity index (χ1n) is 5.94. The summed E-state index contributed by atoms with van der Waals surface area (Å²) in [6.07, 6.45) is 1.20. The summed E-state index contributed by atoms with van der Waals surface area (Å²) in [7, 11) is 3.78. The van der Waals surface area contributed by atoms with E-state index in [4.69, 9.17) is 15.2 Å². The van der Waals surface area contributed by atoms with Crippen molar-refractivity contribution in [2.45, 2.75) is 6.42 Å². The van der Waals surface area contributed by atoms with Crippen molar-refractivity contribution < 1.29 is 9.47 Å². The molecule has 1 aliphatic heterocycles. The molecule has 1 heterocycles. The molecule has 2 rings (SSSR count). The summed E-state index contributed by atoms with van der Waals surface area (Å²) in [5, 5.41) is 0. The van der Waals surface area contributed by atoms with Crippen molar-refractivity contribution in [3.63, 3.8) is 0 Å². The molecular formula is C13H20N2O2. The van der Waals surface area contributed by atoms with Gasteiger partial charge in [-0.1, -0.05) is 0 Å². The summed E-state index contributed by atoms with van der Waals surface area (Å²) in [4.78, 5) is 2.32. The van der Waals surface area contributed by atoms with E-state index in [0.717, 1.165) is 31.2 Å². The second kappa shape index (κ2) is 5.27. The fourth-order valence-corrected chi connectivity index (χ4v) is 2.18. The smallest absolute Gasteiger partial charge is 0.163 e. The molecule has 0 spiro atoms. The highest BCUT2D eigenvalue weighted by Gasteiger charge is 2.20. The highest BCUT2D eigenvalue weighted by Crippen LogP contribution is 2.30. The zero-order valence-electron chi connectivity index (χ0n) is 10.5. The van der Waals surface area contributed by atoms with Gasteiger partial charge in [0.05, 0.1) is 13.7 Å². The number of methoxy groups -OCH3 is 1. The molecule has 1 saturated heterocycles. The molecule has 1 aromatic carbocycles. The molecule has 2 N–H and O–H groups in total. The molecule has 1 aromatic rings. The van der Waals surface area contributed by atoms with Gasteiger partial charge in [-0.3, -0.25) is 0 Å². The molecule has 4 nitrogen and oxygen atoms in total. The lowest BCUT2D eigenvalue weighted by atomic mass is 10.1. The van der Waals surface area contributed by atoms with Crippen LogP contribution in [0.5, 0.6) is 11.5 Å². The summed E-state index contributed by atoms with van der Waals surface area (Å²) in [6.45, 7) is 2.98. The number of nitrogen functional groups attached to an aromatic ring is 1. The molecule has 1 fully saturated rings. The third kappa shape index (κ3) is 3.03. The molecule has 0 aromatic heterocycles. The van der Waals surface area contributed by atoms with Gasteiger partial charge in [0, 0.05) is 24.2 Å². The Labute approximate surface area is 102 Å². The standard InChI is InChI=1S/C13H20N2O2/c1-15-6-5-10(8-15)9-17-13-7-11(14)3-4-12(13)16-2/h3-4,7,10H,5-6,8-9,14H2,1-2H3/t10-/m0/s1. The molecule has 4 heteroatoms. The fraction of sp³-hybridized carbons (Fsp3) is 0.538. The average molecular weight is 236 g/mol. The lowest BCUT2D eigenvalue weighted by molar-refractivity contribution is 0.238. The Morgan fingerprint density at radius 3 is 2.88 bits per heavy atom.